The van der Waals surface area contributed by atoms with Crippen LogP contribution in [0.2, 0.25) is 0 Å². The minimum absolute atomic E-state index is 0.0119. The Balaban J connectivity index is 2.45. The number of hydrogen-bond acceptors (Lipinski definition) is 1. The fourth-order valence-corrected chi connectivity index (χ4v) is 2.74. The van der Waals surface area contributed by atoms with Crippen molar-refractivity contribution in [2.45, 2.75) is 44.4 Å². The monoisotopic (exact) mass is 236 g/mol. The Morgan fingerprint density at radius 1 is 1.53 bits per heavy atom. The molecule has 0 aliphatic heterocycles. The molecule has 3 heteroatoms. The minimum Gasteiger partial charge on any atom is -0.481 e. The highest BCUT2D eigenvalue weighted by Crippen LogP contribution is 2.43. The zero-order valence-electron chi connectivity index (χ0n) is 10.2. The number of carbonyl (C=O) groups is 1. The first-order chi connectivity index (χ1) is 7.90. The number of hydrogen-bond donors (Lipinski definition) is 1. The van der Waals surface area contributed by atoms with Gasteiger partial charge in [0.15, 0.2) is 0 Å². The van der Waals surface area contributed by atoms with Crippen LogP contribution < -0.4 is 0 Å². The lowest BCUT2D eigenvalue weighted by molar-refractivity contribution is -0.137. The summed E-state index contributed by atoms with van der Waals surface area (Å²) in [6.45, 7) is 4.25. The van der Waals surface area contributed by atoms with Crippen molar-refractivity contribution in [1.82, 2.24) is 0 Å². The van der Waals surface area contributed by atoms with Crippen molar-refractivity contribution >= 4 is 5.97 Å². The molecule has 1 atom stereocenters. The molecule has 1 aliphatic carbocycles. The van der Waals surface area contributed by atoms with E-state index in [0.29, 0.717) is 0 Å². The lowest BCUT2D eigenvalue weighted by Crippen LogP contribution is -2.27. The van der Waals surface area contributed by atoms with Gasteiger partial charge in [-0.3, -0.25) is 4.79 Å². The summed E-state index contributed by atoms with van der Waals surface area (Å²) in [7, 11) is 0. The molecule has 0 heterocycles. The van der Waals surface area contributed by atoms with Crippen LogP contribution in [0.5, 0.6) is 0 Å². The zero-order chi connectivity index (χ0) is 12.6. The number of carboxylic acids is 1. The highest BCUT2D eigenvalue weighted by molar-refractivity contribution is 5.68. The summed E-state index contributed by atoms with van der Waals surface area (Å²) in [6, 6.07) is 4.77. The second-order valence-electron chi connectivity index (χ2n) is 5.45. The smallest absolute Gasteiger partial charge is 0.303 e. The van der Waals surface area contributed by atoms with E-state index in [9.17, 15) is 9.18 Å². The van der Waals surface area contributed by atoms with Gasteiger partial charge in [-0.1, -0.05) is 19.9 Å². The fourth-order valence-electron chi connectivity index (χ4n) is 2.74. The van der Waals surface area contributed by atoms with Crippen LogP contribution in [0.15, 0.2) is 18.2 Å². The molecule has 0 saturated carbocycles. The third-order valence-electron chi connectivity index (χ3n) is 3.72. The number of aliphatic carboxylic acids is 1. The molecule has 0 saturated heterocycles. The lowest BCUT2D eigenvalue weighted by Gasteiger charge is -2.36. The minimum atomic E-state index is -0.815. The van der Waals surface area contributed by atoms with Gasteiger partial charge in [0.1, 0.15) is 5.82 Å². The number of halogens is 1. The largest absolute Gasteiger partial charge is 0.481 e. The number of benzene rings is 1. The Morgan fingerprint density at radius 3 is 2.88 bits per heavy atom. The van der Waals surface area contributed by atoms with E-state index >= 15 is 0 Å². The Kier molecular flexibility index (Phi) is 2.94. The van der Waals surface area contributed by atoms with Crippen molar-refractivity contribution < 1.29 is 14.3 Å². The first-order valence-corrected chi connectivity index (χ1v) is 5.92. The summed E-state index contributed by atoms with van der Waals surface area (Å²) in [6.07, 6.45) is 1.85. The summed E-state index contributed by atoms with van der Waals surface area (Å²) < 4.78 is 13.3. The molecule has 2 rings (SSSR count). The van der Waals surface area contributed by atoms with Crippen LogP contribution in [0.1, 0.15) is 50.2 Å². The van der Waals surface area contributed by atoms with Gasteiger partial charge in [0.05, 0.1) is 6.42 Å². The van der Waals surface area contributed by atoms with E-state index in [-0.39, 0.29) is 23.6 Å². The molecule has 0 spiro atoms. The van der Waals surface area contributed by atoms with E-state index < -0.39 is 5.97 Å². The molecular weight excluding hydrogens is 219 g/mol. The second-order valence-corrected chi connectivity index (χ2v) is 5.45. The molecule has 1 aromatic carbocycles. The van der Waals surface area contributed by atoms with Gasteiger partial charge in [0.25, 0.3) is 0 Å². The van der Waals surface area contributed by atoms with Gasteiger partial charge in [0, 0.05) is 0 Å². The van der Waals surface area contributed by atoms with Gasteiger partial charge in [-0.15, -0.1) is 0 Å². The lowest BCUT2D eigenvalue weighted by atomic mass is 9.68. The highest BCUT2D eigenvalue weighted by atomic mass is 19.1. The third kappa shape index (κ3) is 2.33. The summed E-state index contributed by atoms with van der Waals surface area (Å²) in [5, 5.41) is 8.90. The van der Waals surface area contributed by atoms with Crippen LogP contribution in [-0.4, -0.2) is 11.1 Å². The molecule has 0 radical (unpaired) electrons. The highest BCUT2D eigenvalue weighted by Gasteiger charge is 2.33. The van der Waals surface area contributed by atoms with Crippen molar-refractivity contribution in [3.8, 4) is 0 Å². The molecule has 92 valence electrons. The van der Waals surface area contributed by atoms with Gasteiger partial charge in [-0.2, -0.15) is 0 Å². The SMILES string of the molecule is CC1(C)CCC(CC(=O)O)c2cc(F)ccc21. The van der Waals surface area contributed by atoms with Crippen LogP contribution >= 0.6 is 0 Å². The predicted octanol–water partition coefficient (Wildman–Crippen LogP) is 3.46. The van der Waals surface area contributed by atoms with Crippen LogP contribution in [0.25, 0.3) is 0 Å². The first-order valence-electron chi connectivity index (χ1n) is 5.92. The van der Waals surface area contributed by atoms with Crippen molar-refractivity contribution in [3.63, 3.8) is 0 Å². The second kappa shape index (κ2) is 4.13. The number of fused-ring (bicyclic) bond motifs is 1. The summed E-state index contributed by atoms with van der Waals surface area (Å²) in [4.78, 5) is 10.8. The summed E-state index contributed by atoms with van der Waals surface area (Å²) >= 11 is 0. The Hall–Kier alpha value is -1.38. The van der Waals surface area contributed by atoms with Crippen LogP contribution in [0, 0.1) is 5.82 Å². The maximum absolute atomic E-state index is 13.3. The molecule has 0 amide bonds. The first kappa shape index (κ1) is 12.1. The Morgan fingerprint density at radius 2 is 2.24 bits per heavy atom. The summed E-state index contributed by atoms with van der Waals surface area (Å²) in [5.74, 6) is -1.15. The Labute approximate surface area is 100 Å². The standard InChI is InChI=1S/C14H17FO2/c1-14(2)6-5-9(7-13(16)17)11-8-10(15)3-4-12(11)14/h3-4,8-9H,5-7H2,1-2H3,(H,16,17). The van der Waals surface area contributed by atoms with Crippen molar-refractivity contribution in [1.29, 1.82) is 0 Å². The van der Waals surface area contributed by atoms with Gasteiger partial charge < -0.3 is 5.11 Å². The van der Waals surface area contributed by atoms with Gasteiger partial charge in [-0.05, 0) is 47.4 Å². The summed E-state index contributed by atoms with van der Waals surface area (Å²) in [5.41, 5.74) is 1.98. The van der Waals surface area contributed by atoms with E-state index in [1.54, 1.807) is 6.07 Å². The quantitative estimate of drug-likeness (QED) is 0.853. The van der Waals surface area contributed by atoms with Gasteiger partial charge in [-0.25, -0.2) is 4.39 Å². The van der Waals surface area contributed by atoms with Crippen LogP contribution in [0.3, 0.4) is 0 Å². The van der Waals surface area contributed by atoms with Crippen molar-refractivity contribution in [2.75, 3.05) is 0 Å². The van der Waals surface area contributed by atoms with Crippen molar-refractivity contribution in [2.24, 2.45) is 0 Å². The van der Waals surface area contributed by atoms with E-state index in [1.807, 2.05) is 0 Å². The zero-order valence-corrected chi connectivity index (χ0v) is 10.2. The molecule has 17 heavy (non-hydrogen) atoms. The predicted molar refractivity (Wildman–Crippen MR) is 63.7 cm³/mol. The van der Waals surface area contributed by atoms with Gasteiger partial charge in [0.2, 0.25) is 0 Å². The average molecular weight is 236 g/mol. The van der Waals surface area contributed by atoms with E-state index in [1.165, 1.54) is 12.1 Å². The van der Waals surface area contributed by atoms with Crippen LogP contribution in [-0.2, 0) is 10.2 Å². The molecule has 0 fully saturated rings. The molecule has 2 nitrogen and oxygen atoms in total. The molecule has 1 unspecified atom stereocenters. The molecule has 1 N–H and O–H groups in total. The maximum atomic E-state index is 13.3. The number of carboxylic acid groups (broad SMARTS) is 1. The average Bonchev–Trinajstić information content (AvgIpc) is 2.22. The fraction of sp³-hybridized carbons (Fsp3) is 0.500. The molecular formula is C14H17FO2. The third-order valence-corrected chi connectivity index (χ3v) is 3.72. The Bertz CT molecular complexity index is 452. The maximum Gasteiger partial charge on any atom is 0.303 e. The van der Waals surface area contributed by atoms with Gasteiger partial charge >= 0.3 is 5.97 Å². The normalized spacial score (nSPS) is 21.9. The molecule has 1 aliphatic rings. The molecule has 0 bridgehead atoms. The molecule has 1 aromatic rings. The van der Waals surface area contributed by atoms with E-state index in [2.05, 4.69) is 13.8 Å². The molecule has 0 aromatic heterocycles. The number of rotatable bonds is 2. The van der Waals surface area contributed by atoms with Crippen molar-refractivity contribution in [3.05, 3.63) is 35.1 Å². The van der Waals surface area contributed by atoms with E-state index in [0.717, 1.165) is 24.0 Å². The van der Waals surface area contributed by atoms with E-state index in [4.69, 9.17) is 5.11 Å². The topological polar surface area (TPSA) is 37.3 Å². The van der Waals surface area contributed by atoms with Crippen LogP contribution in [0.4, 0.5) is 4.39 Å².